The lowest BCUT2D eigenvalue weighted by atomic mass is 10.1. The number of carbonyl (C=O) groups is 3. The zero-order valence-electron chi connectivity index (χ0n) is 16.5. The second kappa shape index (κ2) is 10.6. The number of ketones is 1. The van der Waals surface area contributed by atoms with Gasteiger partial charge in [-0.05, 0) is 37.6 Å². The third kappa shape index (κ3) is 6.86. The first-order chi connectivity index (χ1) is 13.8. The number of amides is 1. The minimum Gasteiger partial charge on any atom is -0.469 e. The molecule has 0 fully saturated rings. The molecule has 154 valence electrons. The van der Waals surface area contributed by atoms with Gasteiger partial charge in [-0.1, -0.05) is 18.7 Å². The molecule has 1 atom stereocenters. The molecule has 2 rings (SSSR count). The van der Waals surface area contributed by atoms with E-state index in [9.17, 15) is 19.2 Å². The molecule has 1 aromatic carbocycles. The lowest BCUT2D eigenvalue weighted by Crippen LogP contribution is -2.18. The van der Waals surface area contributed by atoms with E-state index < -0.39 is 16.8 Å². The third-order valence-electron chi connectivity index (χ3n) is 3.91. The number of rotatable bonds is 9. The molecule has 0 saturated heterocycles. The smallest absolute Gasteiger partial charge is 0.311 e. The standard InChI is InChI=1S/C20H23N3O5S/c1-4-5-16(24)21-14-8-6-13(7-9-14)19(27)12(2)29-20-22-15(10-17(25)23-20)11-18(26)28-3/h6-10,12H,4-5,11H2,1-3H3,(H,21,24)(H,22,23,25)/t12-/m0/s1. The molecule has 1 heterocycles. The monoisotopic (exact) mass is 417 g/mol. The van der Waals surface area contributed by atoms with Crippen LogP contribution in [0.15, 0.2) is 40.3 Å². The van der Waals surface area contributed by atoms with Gasteiger partial charge in [0, 0.05) is 23.7 Å². The van der Waals surface area contributed by atoms with Gasteiger partial charge in [-0.2, -0.15) is 0 Å². The van der Waals surface area contributed by atoms with Gasteiger partial charge in [0.2, 0.25) is 5.91 Å². The van der Waals surface area contributed by atoms with Crippen molar-refractivity contribution in [2.24, 2.45) is 0 Å². The quantitative estimate of drug-likeness (QED) is 0.279. The van der Waals surface area contributed by atoms with Crippen LogP contribution in [0.2, 0.25) is 0 Å². The van der Waals surface area contributed by atoms with Gasteiger partial charge >= 0.3 is 5.97 Å². The maximum atomic E-state index is 12.7. The molecule has 0 aliphatic rings. The summed E-state index contributed by atoms with van der Waals surface area (Å²) in [6.07, 6.45) is 1.07. The van der Waals surface area contributed by atoms with Crippen molar-refractivity contribution in [1.29, 1.82) is 0 Å². The van der Waals surface area contributed by atoms with Crippen LogP contribution in [-0.2, 0) is 20.7 Å². The Morgan fingerprint density at radius 3 is 2.55 bits per heavy atom. The number of thioether (sulfide) groups is 1. The molecule has 8 nitrogen and oxygen atoms in total. The normalized spacial score (nSPS) is 11.6. The Hall–Kier alpha value is -2.94. The number of carbonyl (C=O) groups excluding carboxylic acids is 3. The number of nitrogens with zero attached hydrogens (tertiary/aromatic N) is 1. The third-order valence-corrected chi connectivity index (χ3v) is 4.90. The van der Waals surface area contributed by atoms with Crippen molar-refractivity contribution in [3.8, 4) is 0 Å². The first-order valence-electron chi connectivity index (χ1n) is 9.10. The Bertz CT molecular complexity index is 940. The summed E-state index contributed by atoms with van der Waals surface area (Å²) in [6.45, 7) is 3.63. The topological polar surface area (TPSA) is 118 Å². The van der Waals surface area contributed by atoms with Gasteiger partial charge in [0.25, 0.3) is 5.56 Å². The van der Waals surface area contributed by atoms with Gasteiger partial charge in [0.1, 0.15) is 0 Å². The van der Waals surface area contributed by atoms with Crippen LogP contribution >= 0.6 is 11.8 Å². The summed E-state index contributed by atoms with van der Waals surface area (Å²) in [4.78, 5) is 54.3. The van der Waals surface area contributed by atoms with E-state index in [4.69, 9.17) is 0 Å². The molecular formula is C20H23N3O5S. The molecular weight excluding hydrogens is 394 g/mol. The van der Waals surface area contributed by atoms with Gasteiger partial charge in [0.15, 0.2) is 10.9 Å². The van der Waals surface area contributed by atoms with E-state index in [0.717, 1.165) is 18.2 Å². The molecule has 2 N–H and O–H groups in total. The maximum absolute atomic E-state index is 12.7. The van der Waals surface area contributed by atoms with E-state index in [1.165, 1.54) is 13.2 Å². The van der Waals surface area contributed by atoms with Crippen molar-refractivity contribution < 1.29 is 19.1 Å². The minimum atomic E-state index is -0.521. The Balaban J connectivity index is 2.06. The first-order valence-corrected chi connectivity index (χ1v) is 9.98. The van der Waals surface area contributed by atoms with Gasteiger partial charge in [-0.25, -0.2) is 4.98 Å². The van der Waals surface area contributed by atoms with Crippen LogP contribution in [0.5, 0.6) is 0 Å². The molecule has 0 saturated carbocycles. The van der Waals surface area contributed by atoms with Crippen molar-refractivity contribution in [3.05, 3.63) is 51.9 Å². The summed E-state index contributed by atoms with van der Waals surface area (Å²) >= 11 is 1.09. The van der Waals surface area contributed by atoms with Crippen LogP contribution in [0.3, 0.4) is 0 Å². The van der Waals surface area contributed by atoms with E-state index in [1.54, 1.807) is 31.2 Å². The number of benzene rings is 1. The Labute approximate surface area is 172 Å². The predicted octanol–water partition coefficient (Wildman–Crippen LogP) is 2.59. The second-order valence-corrected chi connectivity index (χ2v) is 7.62. The Kier molecular flexibility index (Phi) is 8.14. The van der Waals surface area contributed by atoms with Crippen LogP contribution in [-0.4, -0.2) is 40.0 Å². The number of H-pyrrole nitrogens is 1. The molecule has 0 bridgehead atoms. The fourth-order valence-electron chi connectivity index (χ4n) is 2.47. The molecule has 0 aliphatic heterocycles. The van der Waals surface area contributed by atoms with Crippen molar-refractivity contribution in [3.63, 3.8) is 0 Å². The highest BCUT2D eigenvalue weighted by Crippen LogP contribution is 2.23. The number of esters is 1. The van der Waals surface area contributed by atoms with Gasteiger partial charge in [0.05, 0.1) is 24.5 Å². The number of ether oxygens (including phenoxy) is 1. The highest BCUT2D eigenvalue weighted by atomic mass is 32.2. The lowest BCUT2D eigenvalue weighted by Gasteiger charge is -2.11. The molecule has 1 amide bonds. The molecule has 0 unspecified atom stereocenters. The zero-order chi connectivity index (χ0) is 21.4. The van der Waals surface area contributed by atoms with Crippen LogP contribution in [0.1, 0.15) is 42.7 Å². The Morgan fingerprint density at radius 1 is 1.24 bits per heavy atom. The number of anilines is 1. The summed E-state index contributed by atoms with van der Waals surface area (Å²) in [7, 11) is 1.26. The predicted molar refractivity (Wildman–Crippen MR) is 110 cm³/mol. The fourth-order valence-corrected chi connectivity index (χ4v) is 3.38. The number of nitrogens with one attached hydrogen (secondary N) is 2. The highest BCUT2D eigenvalue weighted by molar-refractivity contribution is 8.00. The van der Waals surface area contributed by atoms with Gasteiger partial charge in [-0.15, -0.1) is 0 Å². The van der Waals surface area contributed by atoms with E-state index in [2.05, 4.69) is 20.0 Å². The number of aromatic nitrogens is 2. The zero-order valence-corrected chi connectivity index (χ0v) is 17.3. The molecule has 9 heteroatoms. The highest BCUT2D eigenvalue weighted by Gasteiger charge is 2.18. The van der Waals surface area contributed by atoms with Crippen molar-refractivity contribution >= 4 is 35.1 Å². The largest absolute Gasteiger partial charge is 0.469 e. The van der Waals surface area contributed by atoms with Crippen molar-refractivity contribution in [2.75, 3.05) is 12.4 Å². The molecule has 0 aliphatic carbocycles. The average Bonchev–Trinajstić information content (AvgIpc) is 2.67. The van der Waals surface area contributed by atoms with Gasteiger partial charge < -0.3 is 15.0 Å². The second-order valence-electron chi connectivity index (χ2n) is 6.29. The summed E-state index contributed by atoms with van der Waals surface area (Å²) in [5, 5.41) is 2.50. The van der Waals surface area contributed by atoms with E-state index in [0.29, 0.717) is 17.7 Å². The van der Waals surface area contributed by atoms with E-state index in [-0.39, 0.29) is 29.0 Å². The van der Waals surface area contributed by atoms with E-state index >= 15 is 0 Å². The minimum absolute atomic E-state index is 0.0719. The van der Waals surface area contributed by atoms with Crippen molar-refractivity contribution in [2.45, 2.75) is 43.5 Å². The van der Waals surface area contributed by atoms with Crippen LogP contribution in [0.4, 0.5) is 5.69 Å². The Morgan fingerprint density at radius 2 is 1.93 bits per heavy atom. The van der Waals surface area contributed by atoms with E-state index in [1.807, 2.05) is 6.92 Å². The molecule has 0 spiro atoms. The fraction of sp³-hybridized carbons (Fsp3) is 0.350. The number of hydrogen-bond donors (Lipinski definition) is 2. The number of hydrogen-bond acceptors (Lipinski definition) is 7. The summed E-state index contributed by atoms with van der Waals surface area (Å²) in [6, 6.07) is 7.86. The number of Topliss-reactive ketones (excluding diaryl/α,β-unsaturated/α-hetero) is 1. The van der Waals surface area contributed by atoms with Crippen LogP contribution < -0.4 is 10.9 Å². The summed E-state index contributed by atoms with van der Waals surface area (Å²) < 4.78 is 4.58. The summed E-state index contributed by atoms with van der Waals surface area (Å²) in [5.41, 5.74) is 0.969. The lowest BCUT2D eigenvalue weighted by molar-refractivity contribution is -0.139. The molecule has 1 aromatic heterocycles. The van der Waals surface area contributed by atoms with Gasteiger partial charge in [-0.3, -0.25) is 19.2 Å². The summed E-state index contributed by atoms with van der Waals surface area (Å²) in [5.74, 6) is -0.728. The SMILES string of the molecule is CCCC(=O)Nc1ccc(C(=O)[C@H](C)Sc2nc(CC(=O)OC)cc(=O)[nH]2)cc1. The molecule has 2 aromatic rings. The molecule has 0 radical (unpaired) electrons. The average molecular weight is 417 g/mol. The number of methoxy groups -OCH3 is 1. The van der Waals surface area contributed by atoms with Crippen molar-refractivity contribution in [1.82, 2.24) is 9.97 Å². The van der Waals surface area contributed by atoms with Crippen LogP contribution in [0.25, 0.3) is 0 Å². The molecule has 29 heavy (non-hydrogen) atoms. The number of aromatic amines is 1. The maximum Gasteiger partial charge on any atom is 0.311 e. The first kappa shape index (κ1) is 22.4. The van der Waals surface area contributed by atoms with Crippen LogP contribution in [0, 0.1) is 0 Å².